The highest BCUT2D eigenvalue weighted by molar-refractivity contribution is 6.31. The fourth-order valence-electron chi connectivity index (χ4n) is 3.37. The number of benzene rings is 2. The molecule has 0 atom stereocenters. The van der Waals surface area contributed by atoms with Crippen molar-refractivity contribution in [1.82, 2.24) is 9.97 Å². The normalized spacial score (nSPS) is 15.2. The number of H-pyrrole nitrogens is 1. The van der Waals surface area contributed by atoms with Crippen molar-refractivity contribution in [3.8, 4) is 11.5 Å². The molecule has 1 aliphatic rings. The highest BCUT2D eigenvalue weighted by Crippen LogP contribution is 2.35. The van der Waals surface area contributed by atoms with Crippen LogP contribution < -0.4 is 9.47 Å². The molecule has 1 fully saturated rings. The van der Waals surface area contributed by atoms with Crippen molar-refractivity contribution >= 4 is 34.8 Å². The minimum Gasteiger partial charge on any atom is -0.493 e. The minimum atomic E-state index is 0.270. The summed E-state index contributed by atoms with van der Waals surface area (Å²) in [5, 5.41) is 0.691. The average molecular weight is 369 g/mol. The Morgan fingerprint density at radius 2 is 2.00 bits per heavy atom. The largest absolute Gasteiger partial charge is 0.493 e. The zero-order valence-corrected chi connectivity index (χ0v) is 15.4. The van der Waals surface area contributed by atoms with E-state index in [2.05, 4.69) is 9.97 Å². The van der Waals surface area contributed by atoms with Gasteiger partial charge in [0.2, 0.25) is 0 Å². The molecule has 1 aliphatic carbocycles. The standard InChI is InChI=1S/C21H21ClN2O2/c1-25-19-8-4-5-14(21(19)26-16-6-2-3-7-16)9-12-20-23-17-11-10-15(22)13-18(17)24-20/h4-5,8-13,16H,2-3,6-7H2,1H3,(H,23,24)/b12-9+. The Balaban J connectivity index is 1.64. The summed E-state index contributed by atoms with van der Waals surface area (Å²) in [5.41, 5.74) is 2.79. The Morgan fingerprint density at radius 3 is 2.81 bits per heavy atom. The molecule has 134 valence electrons. The van der Waals surface area contributed by atoms with Crippen LogP contribution in [-0.2, 0) is 0 Å². The number of ether oxygens (including phenoxy) is 2. The van der Waals surface area contributed by atoms with Gasteiger partial charge in [0.1, 0.15) is 5.82 Å². The molecule has 4 nitrogen and oxygen atoms in total. The van der Waals surface area contributed by atoms with E-state index in [-0.39, 0.29) is 6.10 Å². The topological polar surface area (TPSA) is 47.1 Å². The van der Waals surface area contributed by atoms with Gasteiger partial charge in [-0.2, -0.15) is 0 Å². The van der Waals surface area contributed by atoms with E-state index in [1.165, 1.54) is 12.8 Å². The van der Waals surface area contributed by atoms with Crippen LogP contribution in [0.25, 0.3) is 23.2 Å². The van der Waals surface area contributed by atoms with Crippen LogP contribution in [0.5, 0.6) is 11.5 Å². The number of nitrogens with one attached hydrogen (secondary N) is 1. The number of halogens is 1. The van der Waals surface area contributed by atoms with E-state index in [4.69, 9.17) is 21.1 Å². The van der Waals surface area contributed by atoms with Gasteiger partial charge in [-0.05, 0) is 62.1 Å². The number of aromatic nitrogens is 2. The summed E-state index contributed by atoms with van der Waals surface area (Å²) in [6, 6.07) is 11.6. The van der Waals surface area contributed by atoms with Crippen molar-refractivity contribution in [2.75, 3.05) is 7.11 Å². The Morgan fingerprint density at radius 1 is 1.15 bits per heavy atom. The number of methoxy groups -OCH3 is 1. The van der Waals surface area contributed by atoms with Gasteiger partial charge < -0.3 is 14.5 Å². The fraction of sp³-hybridized carbons (Fsp3) is 0.286. The lowest BCUT2D eigenvalue weighted by Gasteiger charge is -2.18. The molecule has 1 heterocycles. The number of aromatic amines is 1. The monoisotopic (exact) mass is 368 g/mol. The third-order valence-corrected chi connectivity index (χ3v) is 4.93. The first-order valence-electron chi connectivity index (χ1n) is 8.90. The van der Waals surface area contributed by atoms with E-state index in [0.29, 0.717) is 5.02 Å². The number of rotatable bonds is 5. The highest BCUT2D eigenvalue weighted by atomic mass is 35.5. The summed E-state index contributed by atoms with van der Waals surface area (Å²) in [6.07, 6.45) is 8.89. The molecule has 1 aromatic heterocycles. The van der Waals surface area contributed by atoms with Gasteiger partial charge in [-0.25, -0.2) is 4.98 Å². The second kappa shape index (κ2) is 7.42. The maximum atomic E-state index is 6.27. The lowest BCUT2D eigenvalue weighted by molar-refractivity contribution is 0.200. The molecule has 0 spiro atoms. The van der Waals surface area contributed by atoms with Crippen LogP contribution in [0.4, 0.5) is 0 Å². The van der Waals surface area contributed by atoms with Gasteiger partial charge in [0.25, 0.3) is 0 Å². The molecule has 2 aromatic carbocycles. The fourth-order valence-corrected chi connectivity index (χ4v) is 3.55. The summed E-state index contributed by atoms with van der Waals surface area (Å²) in [5.74, 6) is 2.34. The number of nitrogens with zero attached hydrogens (tertiary/aromatic N) is 1. The lowest BCUT2D eigenvalue weighted by atomic mass is 10.1. The Kier molecular flexibility index (Phi) is 4.85. The predicted octanol–water partition coefficient (Wildman–Crippen LogP) is 5.72. The van der Waals surface area contributed by atoms with Crippen molar-refractivity contribution in [1.29, 1.82) is 0 Å². The maximum Gasteiger partial charge on any atom is 0.168 e. The van der Waals surface area contributed by atoms with E-state index in [1.807, 2.05) is 48.6 Å². The molecule has 5 heteroatoms. The zero-order chi connectivity index (χ0) is 17.9. The van der Waals surface area contributed by atoms with Crippen LogP contribution >= 0.6 is 11.6 Å². The molecule has 0 bridgehead atoms. The number of fused-ring (bicyclic) bond motifs is 1. The lowest BCUT2D eigenvalue weighted by Crippen LogP contribution is -2.12. The second-order valence-electron chi connectivity index (χ2n) is 6.52. The third-order valence-electron chi connectivity index (χ3n) is 4.70. The van der Waals surface area contributed by atoms with Crippen LogP contribution in [0.15, 0.2) is 36.4 Å². The van der Waals surface area contributed by atoms with Crippen LogP contribution in [-0.4, -0.2) is 23.2 Å². The summed E-state index contributed by atoms with van der Waals surface area (Å²) in [7, 11) is 1.67. The number of hydrogen-bond acceptors (Lipinski definition) is 3. The van der Waals surface area contributed by atoms with Gasteiger partial charge in [0.15, 0.2) is 11.5 Å². The van der Waals surface area contributed by atoms with Crippen molar-refractivity contribution in [2.45, 2.75) is 31.8 Å². The van der Waals surface area contributed by atoms with Gasteiger partial charge >= 0.3 is 0 Å². The van der Waals surface area contributed by atoms with Gasteiger partial charge in [0, 0.05) is 10.6 Å². The molecular formula is C21H21ClN2O2. The molecule has 0 amide bonds. The smallest absolute Gasteiger partial charge is 0.168 e. The van der Waals surface area contributed by atoms with Crippen LogP contribution in [0.3, 0.4) is 0 Å². The molecule has 26 heavy (non-hydrogen) atoms. The SMILES string of the molecule is COc1cccc(/C=C/c2nc3ccc(Cl)cc3[nH]2)c1OC1CCCC1. The zero-order valence-electron chi connectivity index (χ0n) is 14.7. The van der Waals surface area contributed by atoms with E-state index in [9.17, 15) is 0 Å². The van der Waals surface area contributed by atoms with E-state index >= 15 is 0 Å². The highest BCUT2D eigenvalue weighted by Gasteiger charge is 2.19. The third kappa shape index (κ3) is 3.56. The molecule has 1 saturated carbocycles. The first-order chi connectivity index (χ1) is 12.7. The molecule has 0 saturated heterocycles. The van der Waals surface area contributed by atoms with E-state index in [0.717, 1.165) is 46.8 Å². The van der Waals surface area contributed by atoms with Crippen LogP contribution in [0.1, 0.15) is 37.1 Å². The summed E-state index contributed by atoms with van der Waals surface area (Å²) in [4.78, 5) is 7.84. The van der Waals surface area contributed by atoms with Crippen molar-refractivity contribution in [2.24, 2.45) is 0 Å². The van der Waals surface area contributed by atoms with Crippen molar-refractivity contribution in [3.05, 3.63) is 52.8 Å². The van der Waals surface area contributed by atoms with Gasteiger partial charge in [-0.1, -0.05) is 23.7 Å². The summed E-state index contributed by atoms with van der Waals surface area (Å²) < 4.78 is 11.8. The predicted molar refractivity (Wildman–Crippen MR) is 106 cm³/mol. The average Bonchev–Trinajstić information content (AvgIpc) is 3.29. The molecule has 0 aliphatic heterocycles. The number of imidazole rings is 1. The van der Waals surface area contributed by atoms with E-state index in [1.54, 1.807) is 7.11 Å². The molecule has 3 aromatic rings. The van der Waals surface area contributed by atoms with Crippen molar-refractivity contribution < 1.29 is 9.47 Å². The van der Waals surface area contributed by atoms with Gasteiger partial charge in [0.05, 0.1) is 24.2 Å². The molecule has 0 radical (unpaired) electrons. The molecule has 0 unspecified atom stereocenters. The Bertz CT molecular complexity index is 942. The Hall–Kier alpha value is -2.46. The Labute approximate surface area is 157 Å². The van der Waals surface area contributed by atoms with Crippen LogP contribution in [0.2, 0.25) is 5.02 Å². The van der Waals surface area contributed by atoms with Gasteiger partial charge in [-0.15, -0.1) is 0 Å². The molecule has 4 rings (SSSR count). The second-order valence-corrected chi connectivity index (χ2v) is 6.96. The van der Waals surface area contributed by atoms with Gasteiger partial charge in [-0.3, -0.25) is 0 Å². The minimum absolute atomic E-state index is 0.270. The maximum absolute atomic E-state index is 6.27. The quantitative estimate of drug-likeness (QED) is 0.626. The van der Waals surface area contributed by atoms with Crippen LogP contribution in [0, 0.1) is 0 Å². The van der Waals surface area contributed by atoms with Crippen molar-refractivity contribution in [3.63, 3.8) is 0 Å². The summed E-state index contributed by atoms with van der Waals surface area (Å²) in [6.45, 7) is 0. The molecular weight excluding hydrogens is 348 g/mol. The van der Waals surface area contributed by atoms with E-state index < -0.39 is 0 Å². The summed E-state index contributed by atoms with van der Waals surface area (Å²) >= 11 is 6.04. The number of hydrogen-bond donors (Lipinski definition) is 1. The molecule has 1 N–H and O–H groups in total. The number of para-hydroxylation sites is 1. The first-order valence-corrected chi connectivity index (χ1v) is 9.28. The first kappa shape index (κ1) is 17.0.